The number of carbonyl (C=O) groups is 1. The molecule has 0 aromatic carbocycles. The molecule has 1 amide bonds. The molecule has 7 nitrogen and oxygen atoms in total. The summed E-state index contributed by atoms with van der Waals surface area (Å²) in [5.41, 5.74) is 0. The van der Waals surface area contributed by atoms with E-state index in [0.717, 1.165) is 13.1 Å². The lowest BCUT2D eigenvalue weighted by atomic mass is 10.4. The molecule has 0 aromatic heterocycles. The second kappa shape index (κ2) is 18.0. The van der Waals surface area contributed by atoms with Crippen LogP contribution in [0, 0.1) is 0 Å². The van der Waals surface area contributed by atoms with Crippen molar-refractivity contribution in [2.45, 2.75) is 19.1 Å². The van der Waals surface area contributed by atoms with Crippen molar-refractivity contribution < 1.29 is 23.7 Å². The Labute approximate surface area is 145 Å². The molecule has 23 heavy (non-hydrogen) atoms. The van der Waals surface area contributed by atoms with Gasteiger partial charge in [0.2, 0.25) is 5.91 Å². The first-order valence-corrected chi connectivity index (χ1v) is 8.67. The van der Waals surface area contributed by atoms with Crippen LogP contribution < -0.4 is 10.6 Å². The van der Waals surface area contributed by atoms with Gasteiger partial charge in [-0.3, -0.25) is 4.79 Å². The monoisotopic (exact) mass is 352 g/mol. The maximum absolute atomic E-state index is 11.2. The number of thiol groups is 1. The number of ether oxygens (including phenoxy) is 4. The maximum atomic E-state index is 11.2. The molecule has 0 bridgehead atoms. The van der Waals surface area contributed by atoms with Crippen molar-refractivity contribution in [1.82, 2.24) is 10.6 Å². The molecule has 0 aromatic rings. The van der Waals surface area contributed by atoms with E-state index < -0.39 is 0 Å². The van der Waals surface area contributed by atoms with Gasteiger partial charge in [0.1, 0.15) is 0 Å². The van der Waals surface area contributed by atoms with Crippen molar-refractivity contribution in [2.24, 2.45) is 0 Å². The summed E-state index contributed by atoms with van der Waals surface area (Å²) >= 11 is 4.03. The van der Waals surface area contributed by atoms with Crippen molar-refractivity contribution in [3.05, 3.63) is 0 Å². The van der Waals surface area contributed by atoms with E-state index in [4.69, 9.17) is 18.9 Å². The molecule has 0 aliphatic heterocycles. The zero-order chi connectivity index (χ0) is 17.2. The molecule has 0 heterocycles. The lowest BCUT2D eigenvalue weighted by Crippen LogP contribution is -2.32. The second-order valence-corrected chi connectivity index (χ2v) is 5.54. The fourth-order valence-corrected chi connectivity index (χ4v) is 1.57. The molecule has 0 spiro atoms. The molecule has 0 radical (unpaired) electrons. The Morgan fingerprint density at radius 2 is 1.30 bits per heavy atom. The van der Waals surface area contributed by atoms with Crippen LogP contribution in [0.5, 0.6) is 0 Å². The van der Waals surface area contributed by atoms with E-state index in [2.05, 4.69) is 30.2 Å². The first kappa shape index (κ1) is 22.6. The normalized spacial score (nSPS) is 12.3. The van der Waals surface area contributed by atoms with Crippen LogP contribution in [-0.2, 0) is 23.7 Å². The molecule has 138 valence electrons. The van der Waals surface area contributed by atoms with Crippen molar-refractivity contribution in [3.8, 4) is 0 Å². The summed E-state index contributed by atoms with van der Waals surface area (Å²) < 4.78 is 21.4. The summed E-state index contributed by atoms with van der Waals surface area (Å²) in [6.07, 6.45) is 0. The zero-order valence-electron chi connectivity index (χ0n) is 14.3. The van der Waals surface area contributed by atoms with E-state index in [0.29, 0.717) is 59.4 Å². The van der Waals surface area contributed by atoms with Gasteiger partial charge in [0.05, 0.1) is 58.1 Å². The Balaban J connectivity index is 3.04. The minimum absolute atomic E-state index is 0.0871. The maximum Gasteiger partial charge on any atom is 0.232 e. The molecule has 8 heteroatoms. The third kappa shape index (κ3) is 17.8. The van der Waals surface area contributed by atoms with Gasteiger partial charge in [-0.25, -0.2) is 0 Å². The Bertz CT molecular complexity index is 270. The average Bonchev–Trinajstić information content (AvgIpc) is 2.54. The lowest BCUT2D eigenvalue weighted by molar-refractivity contribution is -0.120. The minimum atomic E-state index is -0.295. The number of likely N-dealkylation sites (N-methyl/N-ethyl adjacent to an activating group) is 1. The lowest BCUT2D eigenvalue weighted by Gasteiger charge is -2.09. The topological polar surface area (TPSA) is 78.1 Å². The molecule has 2 N–H and O–H groups in total. The second-order valence-electron chi connectivity index (χ2n) is 4.77. The number of hydrogen-bond acceptors (Lipinski definition) is 7. The minimum Gasteiger partial charge on any atom is -0.378 e. The highest BCUT2D eigenvalue weighted by atomic mass is 32.1. The SMILES string of the molecule is CCNCCOCCOCCOCCOCCNC(=O)C(C)S. The number of carbonyl (C=O) groups excluding carboxylic acids is 1. The predicted molar refractivity (Wildman–Crippen MR) is 93.3 cm³/mol. The quantitative estimate of drug-likeness (QED) is 0.255. The number of nitrogens with one attached hydrogen (secondary N) is 2. The summed E-state index contributed by atoms with van der Waals surface area (Å²) in [6.45, 7) is 10.6. The van der Waals surface area contributed by atoms with Crippen LogP contribution in [0.1, 0.15) is 13.8 Å². The summed E-state index contributed by atoms with van der Waals surface area (Å²) in [5.74, 6) is -0.0871. The summed E-state index contributed by atoms with van der Waals surface area (Å²) in [5, 5.41) is 5.60. The Morgan fingerprint density at radius 1 is 0.870 bits per heavy atom. The smallest absolute Gasteiger partial charge is 0.232 e. The summed E-state index contributed by atoms with van der Waals surface area (Å²) in [7, 11) is 0. The van der Waals surface area contributed by atoms with Crippen LogP contribution in [0.15, 0.2) is 0 Å². The van der Waals surface area contributed by atoms with E-state index in [-0.39, 0.29) is 11.2 Å². The zero-order valence-corrected chi connectivity index (χ0v) is 15.2. The standard InChI is InChI=1S/C15H32N2O5S/c1-3-16-4-6-19-8-10-21-12-13-22-11-9-20-7-5-17-15(18)14(2)23/h14,16,23H,3-13H2,1-2H3,(H,17,18). The highest BCUT2D eigenvalue weighted by Crippen LogP contribution is 1.90. The number of rotatable bonds is 17. The van der Waals surface area contributed by atoms with Gasteiger partial charge in [-0.1, -0.05) is 6.92 Å². The Hall–Kier alpha value is -0.380. The van der Waals surface area contributed by atoms with Gasteiger partial charge in [-0.05, 0) is 13.5 Å². The molecule has 1 atom stereocenters. The highest BCUT2D eigenvalue weighted by molar-refractivity contribution is 7.81. The van der Waals surface area contributed by atoms with E-state index in [9.17, 15) is 4.79 Å². The van der Waals surface area contributed by atoms with E-state index in [1.807, 2.05) is 0 Å². The Kier molecular flexibility index (Phi) is 17.7. The van der Waals surface area contributed by atoms with Gasteiger partial charge in [-0.2, -0.15) is 12.6 Å². The van der Waals surface area contributed by atoms with Crippen molar-refractivity contribution >= 4 is 18.5 Å². The van der Waals surface area contributed by atoms with Gasteiger partial charge in [0.15, 0.2) is 0 Å². The largest absolute Gasteiger partial charge is 0.378 e. The number of hydrogen-bond donors (Lipinski definition) is 3. The molecule has 0 fully saturated rings. The first-order valence-electron chi connectivity index (χ1n) is 8.16. The summed E-state index contributed by atoms with van der Waals surface area (Å²) in [6, 6.07) is 0. The van der Waals surface area contributed by atoms with Crippen LogP contribution >= 0.6 is 12.6 Å². The fourth-order valence-electron chi connectivity index (χ4n) is 1.48. The van der Waals surface area contributed by atoms with Crippen molar-refractivity contribution in [3.63, 3.8) is 0 Å². The first-order chi connectivity index (χ1) is 11.2. The van der Waals surface area contributed by atoms with Gasteiger partial charge in [0, 0.05) is 13.1 Å². The van der Waals surface area contributed by atoms with E-state index in [1.54, 1.807) is 6.92 Å². The van der Waals surface area contributed by atoms with Crippen molar-refractivity contribution in [2.75, 3.05) is 72.5 Å². The van der Waals surface area contributed by atoms with Crippen LogP contribution in [-0.4, -0.2) is 83.6 Å². The Morgan fingerprint density at radius 3 is 1.74 bits per heavy atom. The molecule has 0 saturated carbocycles. The van der Waals surface area contributed by atoms with Gasteiger partial charge < -0.3 is 29.6 Å². The molecule has 0 aliphatic rings. The van der Waals surface area contributed by atoms with E-state index >= 15 is 0 Å². The molecule has 0 rings (SSSR count). The fraction of sp³-hybridized carbons (Fsp3) is 0.933. The predicted octanol–water partition coefficient (Wildman–Crippen LogP) is 0.0968. The van der Waals surface area contributed by atoms with Crippen molar-refractivity contribution in [1.29, 1.82) is 0 Å². The summed E-state index contributed by atoms with van der Waals surface area (Å²) in [4.78, 5) is 11.2. The van der Waals surface area contributed by atoms with Gasteiger partial charge in [0.25, 0.3) is 0 Å². The third-order valence-electron chi connectivity index (χ3n) is 2.71. The van der Waals surface area contributed by atoms with Gasteiger partial charge >= 0.3 is 0 Å². The average molecular weight is 352 g/mol. The van der Waals surface area contributed by atoms with Gasteiger partial charge in [-0.15, -0.1) is 0 Å². The van der Waals surface area contributed by atoms with Crippen LogP contribution in [0.25, 0.3) is 0 Å². The molecule has 0 aliphatic carbocycles. The molecule has 0 saturated heterocycles. The van der Waals surface area contributed by atoms with E-state index in [1.165, 1.54) is 0 Å². The molecular weight excluding hydrogens is 320 g/mol. The van der Waals surface area contributed by atoms with Crippen LogP contribution in [0.4, 0.5) is 0 Å². The van der Waals surface area contributed by atoms with Crippen LogP contribution in [0.3, 0.4) is 0 Å². The molecule has 1 unspecified atom stereocenters. The van der Waals surface area contributed by atoms with Crippen LogP contribution in [0.2, 0.25) is 0 Å². The molecular formula is C15H32N2O5S. The third-order valence-corrected chi connectivity index (χ3v) is 2.95. The highest BCUT2D eigenvalue weighted by Gasteiger charge is 2.05. The number of amides is 1.